The van der Waals surface area contributed by atoms with Crippen LogP contribution >= 0.6 is 0 Å². The molecule has 1 aromatic carbocycles. The topological polar surface area (TPSA) is 60.0 Å². The lowest BCUT2D eigenvalue weighted by Crippen LogP contribution is -2.29. The van der Waals surface area contributed by atoms with Crippen molar-refractivity contribution in [3.63, 3.8) is 0 Å². The first-order valence-corrected chi connectivity index (χ1v) is 7.53. The number of carbonyl (C=O) groups excluding carboxylic acids is 1. The number of anilines is 1. The maximum atomic E-state index is 12.5. The normalized spacial score (nSPS) is 16.7. The molecule has 0 fully saturated rings. The molecule has 0 bridgehead atoms. The zero-order valence-electron chi connectivity index (χ0n) is 12.3. The summed E-state index contributed by atoms with van der Waals surface area (Å²) >= 11 is 0. The molecular weight excluding hydrogens is 262 g/mol. The minimum atomic E-state index is 0.00289. The first-order valence-electron chi connectivity index (χ1n) is 7.53. The third-order valence-electron chi connectivity index (χ3n) is 4.08. The van der Waals surface area contributed by atoms with Crippen molar-refractivity contribution in [1.82, 2.24) is 9.88 Å². The average molecular weight is 283 g/mol. The lowest BCUT2D eigenvalue weighted by molar-refractivity contribution is 0.0927. The van der Waals surface area contributed by atoms with Gasteiger partial charge in [-0.15, -0.1) is 0 Å². The molecule has 0 aliphatic heterocycles. The number of fused-ring (bicyclic) bond motifs is 1. The quantitative estimate of drug-likeness (QED) is 0.848. The molecule has 21 heavy (non-hydrogen) atoms. The van der Waals surface area contributed by atoms with E-state index in [1.54, 1.807) is 0 Å². The molecule has 4 heteroatoms. The van der Waals surface area contributed by atoms with Crippen molar-refractivity contribution in [2.75, 3.05) is 5.73 Å². The van der Waals surface area contributed by atoms with Crippen LogP contribution in [0.1, 0.15) is 47.4 Å². The Bertz CT molecular complexity index is 660. The van der Waals surface area contributed by atoms with Crippen LogP contribution < -0.4 is 11.1 Å². The molecule has 110 valence electrons. The number of carbonyl (C=O) groups is 1. The number of nitrogen functional groups attached to an aromatic ring is 1. The molecule has 1 unspecified atom stereocenters. The Morgan fingerprint density at radius 2 is 2.29 bits per heavy atom. The minimum absolute atomic E-state index is 0.00289. The molecule has 3 N–H and O–H groups in total. The third kappa shape index (κ3) is 2.66. The second-order valence-corrected chi connectivity index (χ2v) is 5.61. The Morgan fingerprint density at radius 1 is 1.43 bits per heavy atom. The Labute approximate surface area is 125 Å². The highest BCUT2D eigenvalue weighted by Crippen LogP contribution is 2.32. The van der Waals surface area contributed by atoms with Crippen LogP contribution in [0.25, 0.3) is 0 Å². The largest absolute Gasteiger partial charge is 0.399 e. The standard InChI is InChI=1S/C17H21N3O/c1-2-9-20-10-3-4-16(20)17(21)19-15-8-5-12-11-13(18)6-7-14(12)15/h3-4,6-7,10-11,15H,2,5,8-9,18H2,1H3,(H,19,21). The van der Waals surface area contributed by atoms with Crippen molar-refractivity contribution in [3.05, 3.63) is 53.3 Å². The zero-order chi connectivity index (χ0) is 14.8. The van der Waals surface area contributed by atoms with E-state index < -0.39 is 0 Å². The molecule has 1 atom stereocenters. The van der Waals surface area contributed by atoms with Gasteiger partial charge < -0.3 is 15.6 Å². The highest BCUT2D eigenvalue weighted by atomic mass is 16.2. The van der Waals surface area contributed by atoms with Crippen LogP contribution in [-0.2, 0) is 13.0 Å². The summed E-state index contributed by atoms with van der Waals surface area (Å²) in [6, 6.07) is 9.86. The van der Waals surface area contributed by atoms with Gasteiger partial charge in [0.1, 0.15) is 5.69 Å². The summed E-state index contributed by atoms with van der Waals surface area (Å²) in [6.45, 7) is 2.98. The lowest BCUT2D eigenvalue weighted by atomic mass is 10.1. The minimum Gasteiger partial charge on any atom is -0.399 e. The highest BCUT2D eigenvalue weighted by molar-refractivity contribution is 5.93. The Hall–Kier alpha value is -2.23. The molecule has 1 aliphatic carbocycles. The average Bonchev–Trinajstić information content (AvgIpc) is 3.06. The van der Waals surface area contributed by atoms with Crippen molar-refractivity contribution in [2.45, 2.75) is 38.8 Å². The van der Waals surface area contributed by atoms with Crippen LogP contribution in [0, 0.1) is 0 Å². The maximum absolute atomic E-state index is 12.5. The van der Waals surface area contributed by atoms with E-state index >= 15 is 0 Å². The van der Waals surface area contributed by atoms with Gasteiger partial charge in [-0.3, -0.25) is 4.79 Å². The van der Waals surface area contributed by atoms with Gasteiger partial charge in [-0.25, -0.2) is 0 Å². The number of rotatable bonds is 4. The molecule has 0 saturated heterocycles. The van der Waals surface area contributed by atoms with E-state index in [9.17, 15) is 4.79 Å². The summed E-state index contributed by atoms with van der Waals surface area (Å²) in [5, 5.41) is 3.16. The predicted molar refractivity (Wildman–Crippen MR) is 84.1 cm³/mol. The van der Waals surface area contributed by atoms with Gasteiger partial charge in [0.2, 0.25) is 0 Å². The number of hydrogen-bond acceptors (Lipinski definition) is 2. The van der Waals surface area contributed by atoms with Crippen LogP contribution in [-0.4, -0.2) is 10.5 Å². The molecule has 0 saturated carbocycles. The Balaban J connectivity index is 1.76. The lowest BCUT2D eigenvalue weighted by Gasteiger charge is -2.15. The van der Waals surface area contributed by atoms with E-state index in [4.69, 9.17) is 5.73 Å². The fraction of sp³-hybridized carbons (Fsp3) is 0.353. The number of amides is 1. The highest BCUT2D eigenvalue weighted by Gasteiger charge is 2.25. The summed E-state index contributed by atoms with van der Waals surface area (Å²) in [4.78, 5) is 12.5. The van der Waals surface area contributed by atoms with E-state index in [-0.39, 0.29) is 11.9 Å². The van der Waals surface area contributed by atoms with Crippen molar-refractivity contribution >= 4 is 11.6 Å². The molecule has 2 aromatic rings. The predicted octanol–water partition coefficient (Wildman–Crippen LogP) is 2.90. The van der Waals surface area contributed by atoms with Crippen molar-refractivity contribution in [1.29, 1.82) is 0 Å². The van der Waals surface area contributed by atoms with Gasteiger partial charge in [-0.05, 0) is 54.7 Å². The van der Waals surface area contributed by atoms with E-state index in [2.05, 4.69) is 12.2 Å². The Morgan fingerprint density at radius 3 is 3.10 bits per heavy atom. The van der Waals surface area contributed by atoms with Gasteiger partial charge in [-0.2, -0.15) is 0 Å². The van der Waals surface area contributed by atoms with Crippen LogP contribution in [0.3, 0.4) is 0 Å². The first-order chi connectivity index (χ1) is 10.2. The summed E-state index contributed by atoms with van der Waals surface area (Å²) in [7, 11) is 0. The van der Waals surface area contributed by atoms with E-state index in [1.807, 2.05) is 41.1 Å². The number of nitrogens with two attached hydrogens (primary N) is 1. The second kappa shape index (κ2) is 5.64. The SMILES string of the molecule is CCCn1cccc1C(=O)NC1CCc2cc(N)ccc21. The van der Waals surface area contributed by atoms with E-state index in [0.29, 0.717) is 0 Å². The zero-order valence-corrected chi connectivity index (χ0v) is 12.3. The number of hydrogen-bond donors (Lipinski definition) is 2. The van der Waals surface area contributed by atoms with Gasteiger partial charge in [0, 0.05) is 18.4 Å². The fourth-order valence-corrected chi connectivity index (χ4v) is 3.08. The first kappa shape index (κ1) is 13.7. The second-order valence-electron chi connectivity index (χ2n) is 5.61. The Kier molecular flexibility index (Phi) is 3.69. The molecule has 0 radical (unpaired) electrons. The summed E-state index contributed by atoms with van der Waals surface area (Å²) in [5.74, 6) is 0.00289. The monoisotopic (exact) mass is 283 g/mol. The smallest absolute Gasteiger partial charge is 0.268 e. The molecule has 1 aliphatic rings. The number of nitrogens with one attached hydrogen (secondary N) is 1. The molecular formula is C17H21N3O. The van der Waals surface area contributed by atoms with Gasteiger partial charge in [0.25, 0.3) is 5.91 Å². The van der Waals surface area contributed by atoms with Gasteiger partial charge in [0.05, 0.1) is 6.04 Å². The van der Waals surface area contributed by atoms with Crippen LogP contribution in [0.4, 0.5) is 5.69 Å². The van der Waals surface area contributed by atoms with E-state index in [1.165, 1.54) is 11.1 Å². The fourth-order valence-electron chi connectivity index (χ4n) is 3.08. The molecule has 1 aromatic heterocycles. The van der Waals surface area contributed by atoms with Gasteiger partial charge in [-0.1, -0.05) is 13.0 Å². The third-order valence-corrected chi connectivity index (χ3v) is 4.08. The summed E-state index contributed by atoms with van der Waals surface area (Å²) < 4.78 is 2.01. The van der Waals surface area contributed by atoms with Gasteiger partial charge >= 0.3 is 0 Å². The maximum Gasteiger partial charge on any atom is 0.268 e. The number of aromatic nitrogens is 1. The number of aryl methyl sites for hydroxylation is 2. The number of benzene rings is 1. The summed E-state index contributed by atoms with van der Waals surface area (Å²) in [5.41, 5.74) is 9.80. The van der Waals surface area contributed by atoms with Crippen molar-refractivity contribution < 1.29 is 4.79 Å². The van der Waals surface area contributed by atoms with Crippen LogP contribution in [0.15, 0.2) is 36.5 Å². The van der Waals surface area contributed by atoms with Gasteiger partial charge in [0.15, 0.2) is 0 Å². The molecule has 0 spiro atoms. The van der Waals surface area contributed by atoms with Crippen molar-refractivity contribution in [3.8, 4) is 0 Å². The molecule has 4 nitrogen and oxygen atoms in total. The van der Waals surface area contributed by atoms with Crippen LogP contribution in [0.5, 0.6) is 0 Å². The summed E-state index contributed by atoms with van der Waals surface area (Å²) in [6.07, 6.45) is 4.89. The van der Waals surface area contributed by atoms with Crippen LogP contribution in [0.2, 0.25) is 0 Å². The van der Waals surface area contributed by atoms with E-state index in [0.717, 1.165) is 37.2 Å². The molecule has 1 amide bonds. The molecule has 1 heterocycles. The number of nitrogens with zero attached hydrogens (tertiary/aromatic N) is 1. The molecule has 3 rings (SSSR count). The van der Waals surface area contributed by atoms with Crippen molar-refractivity contribution in [2.24, 2.45) is 0 Å².